The van der Waals surface area contributed by atoms with Crippen molar-refractivity contribution in [1.82, 2.24) is 25.2 Å². The Labute approximate surface area is 189 Å². The first kappa shape index (κ1) is 22.3. The van der Waals surface area contributed by atoms with Crippen molar-refractivity contribution in [3.05, 3.63) is 69.9 Å². The minimum atomic E-state index is -0.166. The first-order chi connectivity index (χ1) is 15.4. The van der Waals surface area contributed by atoms with Crippen LogP contribution in [-0.4, -0.2) is 45.4 Å². The average Bonchev–Trinajstić information content (AvgIpc) is 3.30. The Morgan fingerprint density at radius 2 is 1.81 bits per heavy atom. The van der Waals surface area contributed by atoms with Gasteiger partial charge in [-0.05, 0) is 71.2 Å². The number of aromatic nitrogens is 3. The summed E-state index contributed by atoms with van der Waals surface area (Å²) in [5, 5.41) is 11.6. The van der Waals surface area contributed by atoms with Crippen LogP contribution in [0.15, 0.2) is 34.9 Å². The van der Waals surface area contributed by atoms with E-state index >= 15 is 0 Å². The molecule has 0 saturated carbocycles. The number of benzene rings is 1. The van der Waals surface area contributed by atoms with Gasteiger partial charge in [0.25, 0.3) is 5.91 Å². The molecular formula is C25H33N5O2. The van der Waals surface area contributed by atoms with Gasteiger partial charge in [-0.2, -0.15) is 5.10 Å². The molecule has 1 aromatic carbocycles. The Balaban J connectivity index is 1.28. The van der Waals surface area contributed by atoms with Gasteiger partial charge in [-0.15, -0.1) is 0 Å². The highest BCUT2D eigenvalue weighted by Gasteiger charge is 2.24. The largest absolute Gasteiger partial charge is 0.361 e. The standard InChI is InChI=1S/C25H33N5O2/c1-17-5-7-22(8-6-17)15-29-11-9-21(10-12-29)14-26-25(31)24-23(20(4)32-28-24)16-30-19(3)13-18(2)27-30/h5-8,13,21H,9-12,14-16H2,1-4H3,(H,26,31). The molecule has 1 aliphatic rings. The summed E-state index contributed by atoms with van der Waals surface area (Å²) in [5.74, 6) is 0.980. The van der Waals surface area contributed by atoms with Crippen LogP contribution in [0.5, 0.6) is 0 Å². The normalized spacial score (nSPS) is 15.2. The summed E-state index contributed by atoms with van der Waals surface area (Å²) in [6.45, 7) is 12.2. The van der Waals surface area contributed by atoms with Gasteiger partial charge in [0.1, 0.15) is 5.76 Å². The molecule has 1 aliphatic heterocycles. The maximum absolute atomic E-state index is 12.9. The van der Waals surface area contributed by atoms with E-state index in [4.69, 9.17) is 4.52 Å². The molecule has 0 atom stereocenters. The van der Waals surface area contributed by atoms with Gasteiger partial charge in [0.15, 0.2) is 5.69 Å². The van der Waals surface area contributed by atoms with Crippen molar-refractivity contribution < 1.29 is 9.32 Å². The molecule has 1 N–H and O–H groups in total. The summed E-state index contributed by atoms with van der Waals surface area (Å²) in [6, 6.07) is 10.8. The van der Waals surface area contributed by atoms with Crippen LogP contribution in [0.2, 0.25) is 0 Å². The fourth-order valence-electron chi connectivity index (χ4n) is 4.36. The van der Waals surface area contributed by atoms with Gasteiger partial charge in [0, 0.05) is 24.3 Å². The van der Waals surface area contributed by atoms with Crippen LogP contribution >= 0.6 is 0 Å². The molecule has 3 aromatic rings. The molecular weight excluding hydrogens is 402 g/mol. The number of carbonyl (C=O) groups excluding carboxylic acids is 1. The fraction of sp³-hybridized carbons (Fsp3) is 0.480. The number of carbonyl (C=O) groups is 1. The Kier molecular flexibility index (Phi) is 6.74. The van der Waals surface area contributed by atoms with Gasteiger partial charge in [0.05, 0.1) is 12.2 Å². The molecule has 0 aliphatic carbocycles. The summed E-state index contributed by atoms with van der Waals surface area (Å²) in [4.78, 5) is 15.4. The van der Waals surface area contributed by atoms with Gasteiger partial charge in [0.2, 0.25) is 0 Å². The van der Waals surface area contributed by atoms with E-state index in [9.17, 15) is 4.79 Å². The van der Waals surface area contributed by atoms with Gasteiger partial charge < -0.3 is 9.84 Å². The third kappa shape index (κ3) is 5.27. The maximum Gasteiger partial charge on any atom is 0.273 e. The molecule has 0 unspecified atom stereocenters. The number of hydrogen-bond acceptors (Lipinski definition) is 5. The highest BCUT2D eigenvalue weighted by molar-refractivity contribution is 5.93. The molecule has 7 heteroatoms. The summed E-state index contributed by atoms with van der Waals surface area (Å²) in [6.07, 6.45) is 2.17. The van der Waals surface area contributed by atoms with E-state index in [0.717, 1.165) is 49.4 Å². The lowest BCUT2D eigenvalue weighted by molar-refractivity contribution is 0.0925. The van der Waals surface area contributed by atoms with Gasteiger partial charge in [-0.3, -0.25) is 14.4 Å². The van der Waals surface area contributed by atoms with Crippen LogP contribution in [-0.2, 0) is 13.1 Å². The SMILES string of the molecule is Cc1ccc(CN2CCC(CNC(=O)c3noc(C)c3Cn3nc(C)cc3C)CC2)cc1. The Hall–Kier alpha value is -2.93. The van der Waals surface area contributed by atoms with Crippen LogP contribution in [0, 0.1) is 33.6 Å². The number of amides is 1. The number of nitrogens with zero attached hydrogens (tertiary/aromatic N) is 4. The number of hydrogen-bond donors (Lipinski definition) is 1. The van der Waals surface area contributed by atoms with Gasteiger partial charge in [-0.25, -0.2) is 0 Å². The molecule has 0 spiro atoms. The van der Waals surface area contributed by atoms with Crippen LogP contribution in [0.4, 0.5) is 0 Å². The number of nitrogens with one attached hydrogen (secondary N) is 1. The predicted octanol–water partition coefficient (Wildman–Crippen LogP) is 3.80. The van der Waals surface area contributed by atoms with Crippen molar-refractivity contribution in [2.24, 2.45) is 5.92 Å². The monoisotopic (exact) mass is 435 g/mol. The van der Waals surface area contributed by atoms with Crippen molar-refractivity contribution in [3.63, 3.8) is 0 Å². The zero-order valence-corrected chi connectivity index (χ0v) is 19.5. The zero-order valence-electron chi connectivity index (χ0n) is 19.5. The average molecular weight is 436 g/mol. The molecule has 1 fully saturated rings. The highest BCUT2D eigenvalue weighted by Crippen LogP contribution is 2.20. The summed E-state index contributed by atoms with van der Waals surface area (Å²) in [7, 11) is 0. The smallest absolute Gasteiger partial charge is 0.273 e. The minimum absolute atomic E-state index is 0.166. The van der Waals surface area contributed by atoms with E-state index in [1.54, 1.807) is 0 Å². The fourth-order valence-corrected chi connectivity index (χ4v) is 4.36. The van der Waals surface area contributed by atoms with Crippen LogP contribution in [0.25, 0.3) is 0 Å². The van der Waals surface area contributed by atoms with E-state index in [1.807, 2.05) is 31.5 Å². The molecule has 7 nitrogen and oxygen atoms in total. The number of likely N-dealkylation sites (tertiary alicyclic amines) is 1. The highest BCUT2D eigenvalue weighted by atomic mass is 16.5. The van der Waals surface area contributed by atoms with E-state index in [1.165, 1.54) is 11.1 Å². The first-order valence-electron chi connectivity index (χ1n) is 11.4. The van der Waals surface area contributed by atoms with Crippen LogP contribution in [0.3, 0.4) is 0 Å². The Bertz CT molecular complexity index is 1060. The molecule has 3 heterocycles. The van der Waals surface area contributed by atoms with E-state index in [0.29, 0.717) is 30.5 Å². The van der Waals surface area contributed by atoms with E-state index < -0.39 is 0 Å². The molecule has 2 aromatic heterocycles. The van der Waals surface area contributed by atoms with Crippen molar-refractivity contribution >= 4 is 5.91 Å². The minimum Gasteiger partial charge on any atom is -0.361 e. The molecule has 170 valence electrons. The van der Waals surface area contributed by atoms with Gasteiger partial charge >= 0.3 is 0 Å². The van der Waals surface area contributed by atoms with Gasteiger partial charge in [-0.1, -0.05) is 35.0 Å². The van der Waals surface area contributed by atoms with Crippen molar-refractivity contribution in [2.75, 3.05) is 19.6 Å². The second-order valence-corrected chi connectivity index (χ2v) is 9.07. The van der Waals surface area contributed by atoms with Crippen LogP contribution in [0.1, 0.15) is 57.2 Å². The van der Waals surface area contributed by atoms with E-state index in [2.05, 4.69) is 51.7 Å². The number of aryl methyl sites for hydroxylation is 4. The molecule has 1 saturated heterocycles. The van der Waals surface area contributed by atoms with Crippen molar-refractivity contribution in [1.29, 1.82) is 0 Å². The number of piperidine rings is 1. The lowest BCUT2D eigenvalue weighted by Gasteiger charge is -2.32. The first-order valence-corrected chi connectivity index (χ1v) is 11.4. The molecule has 32 heavy (non-hydrogen) atoms. The van der Waals surface area contributed by atoms with Crippen molar-refractivity contribution in [2.45, 2.75) is 53.6 Å². The number of rotatable bonds is 7. The lowest BCUT2D eigenvalue weighted by atomic mass is 9.96. The predicted molar refractivity (Wildman–Crippen MR) is 124 cm³/mol. The molecule has 0 radical (unpaired) electrons. The summed E-state index contributed by atoms with van der Waals surface area (Å²) in [5.41, 5.74) is 5.82. The maximum atomic E-state index is 12.9. The second-order valence-electron chi connectivity index (χ2n) is 9.07. The topological polar surface area (TPSA) is 76.2 Å². The Morgan fingerprint density at radius 3 is 2.47 bits per heavy atom. The quantitative estimate of drug-likeness (QED) is 0.611. The molecule has 4 rings (SSSR count). The summed E-state index contributed by atoms with van der Waals surface area (Å²) >= 11 is 0. The van der Waals surface area contributed by atoms with E-state index in [-0.39, 0.29) is 5.91 Å². The lowest BCUT2D eigenvalue weighted by Crippen LogP contribution is -2.38. The molecule has 1 amide bonds. The molecule has 0 bridgehead atoms. The summed E-state index contributed by atoms with van der Waals surface area (Å²) < 4.78 is 7.23. The van der Waals surface area contributed by atoms with Crippen LogP contribution < -0.4 is 5.32 Å². The van der Waals surface area contributed by atoms with Crippen molar-refractivity contribution in [3.8, 4) is 0 Å². The third-order valence-corrected chi connectivity index (χ3v) is 6.40. The third-order valence-electron chi connectivity index (χ3n) is 6.40. The zero-order chi connectivity index (χ0) is 22.7. The second kappa shape index (κ2) is 9.69. The Morgan fingerprint density at radius 1 is 1.09 bits per heavy atom.